The van der Waals surface area contributed by atoms with Crippen LogP contribution < -0.4 is 0 Å². The standard InChI is InChI=1S/C19H19N3O3/c1-22(17(12-24-2)16-5-3-4-10-21-16)19(23)15-8-6-14(7-9-15)18-11-20-13-25-18/h3-11,13,17H,12H2,1-2H3. The van der Waals surface area contributed by atoms with E-state index in [0.29, 0.717) is 17.9 Å². The predicted octanol–water partition coefficient (Wildman–Crippen LogP) is 3.20. The van der Waals surface area contributed by atoms with E-state index < -0.39 is 0 Å². The smallest absolute Gasteiger partial charge is 0.254 e. The van der Waals surface area contributed by atoms with Gasteiger partial charge in [0.15, 0.2) is 12.2 Å². The second-order valence-corrected chi connectivity index (χ2v) is 5.58. The fourth-order valence-corrected chi connectivity index (χ4v) is 2.61. The Morgan fingerprint density at radius 2 is 2.04 bits per heavy atom. The molecule has 128 valence electrons. The number of nitrogens with zero attached hydrogens (tertiary/aromatic N) is 3. The molecule has 0 bridgehead atoms. The molecule has 1 unspecified atom stereocenters. The van der Waals surface area contributed by atoms with Gasteiger partial charge in [-0.2, -0.15) is 0 Å². The molecular weight excluding hydrogens is 318 g/mol. The van der Waals surface area contributed by atoms with Gasteiger partial charge in [-0.15, -0.1) is 0 Å². The SMILES string of the molecule is COCC(c1ccccn1)N(C)C(=O)c1ccc(-c2cnco2)cc1. The van der Waals surface area contributed by atoms with Crippen molar-refractivity contribution < 1.29 is 13.9 Å². The van der Waals surface area contributed by atoms with Gasteiger partial charge in [-0.05, 0) is 24.3 Å². The predicted molar refractivity (Wildman–Crippen MR) is 92.9 cm³/mol. The van der Waals surface area contributed by atoms with Gasteiger partial charge in [0.2, 0.25) is 0 Å². The van der Waals surface area contributed by atoms with Crippen LogP contribution in [0.25, 0.3) is 11.3 Å². The average molecular weight is 337 g/mol. The van der Waals surface area contributed by atoms with Crippen LogP contribution in [0.15, 0.2) is 65.7 Å². The highest BCUT2D eigenvalue weighted by Crippen LogP contribution is 2.22. The molecule has 6 heteroatoms. The average Bonchev–Trinajstić information content (AvgIpc) is 3.20. The van der Waals surface area contributed by atoms with Gasteiger partial charge in [0, 0.05) is 31.5 Å². The molecule has 0 aliphatic carbocycles. The topological polar surface area (TPSA) is 68.5 Å². The Morgan fingerprint density at radius 3 is 2.64 bits per heavy atom. The molecule has 1 aromatic carbocycles. The minimum Gasteiger partial charge on any atom is -0.444 e. The number of oxazole rings is 1. The van der Waals surface area contributed by atoms with Gasteiger partial charge in [0.1, 0.15) is 0 Å². The van der Waals surface area contributed by atoms with E-state index in [1.54, 1.807) is 43.6 Å². The first kappa shape index (κ1) is 16.9. The number of likely N-dealkylation sites (N-methyl/N-ethyl adjacent to an activating group) is 1. The zero-order valence-electron chi connectivity index (χ0n) is 14.1. The Morgan fingerprint density at radius 1 is 1.24 bits per heavy atom. The lowest BCUT2D eigenvalue weighted by Crippen LogP contribution is -2.34. The van der Waals surface area contributed by atoms with Crippen molar-refractivity contribution in [1.82, 2.24) is 14.9 Å². The molecule has 25 heavy (non-hydrogen) atoms. The van der Waals surface area contributed by atoms with Crippen LogP contribution in [0.2, 0.25) is 0 Å². The second kappa shape index (κ2) is 7.72. The van der Waals surface area contributed by atoms with Crippen LogP contribution in [0, 0.1) is 0 Å². The first-order chi connectivity index (χ1) is 12.2. The molecule has 3 rings (SSSR count). The number of methoxy groups -OCH3 is 1. The van der Waals surface area contributed by atoms with Crippen LogP contribution in [-0.4, -0.2) is 41.5 Å². The third kappa shape index (κ3) is 3.75. The van der Waals surface area contributed by atoms with E-state index in [4.69, 9.17) is 9.15 Å². The fraction of sp³-hybridized carbons (Fsp3) is 0.211. The first-order valence-corrected chi connectivity index (χ1v) is 7.86. The monoisotopic (exact) mass is 337 g/mol. The molecule has 0 aliphatic rings. The summed E-state index contributed by atoms with van der Waals surface area (Å²) in [4.78, 5) is 22.7. The van der Waals surface area contributed by atoms with Crippen molar-refractivity contribution in [3.05, 3.63) is 72.5 Å². The molecule has 0 aliphatic heterocycles. The van der Waals surface area contributed by atoms with E-state index >= 15 is 0 Å². The number of aromatic nitrogens is 2. The third-order valence-corrected chi connectivity index (χ3v) is 3.99. The zero-order valence-corrected chi connectivity index (χ0v) is 14.1. The number of amides is 1. The van der Waals surface area contributed by atoms with Crippen LogP contribution in [0.3, 0.4) is 0 Å². The summed E-state index contributed by atoms with van der Waals surface area (Å²) in [5, 5.41) is 0. The minimum atomic E-state index is -0.257. The quantitative estimate of drug-likeness (QED) is 0.691. The van der Waals surface area contributed by atoms with Crippen LogP contribution in [0.4, 0.5) is 0 Å². The largest absolute Gasteiger partial charge is 0.444 e. The van der Waals surface area contributed by atoms with Crippen LogP contribution >= 0.6 is 0 Å². The summed E-state index contributed by atoms with van der Waals surface area (Å²) >= 11 is 0. The van der Waals surface area contributed by atoms with Gasteiger partial charge < -0.3 is 14.1 Å². The molecule has 0 spiro atoms. The third-order valence-electron chi connectivity index (χ3n) is 3.99. The summed E-state index contributed by atoms with van der Waals surface area (Å²) in [5.74, 6) is 0.565. The Kier molecular flexibility index (Phi) is 5.20. The molecule has 2 heterocycles. The molecule has 0 radical (unpaired) electrons. The lowest BCUT2D eigenvalue weighted by molar-refractivity contribution is 0.0595. The number of ether oxygens (including phenoxy) is 1. The number of hydrogen-bond acceptors (Lipinski definition) is 5. The molecule has 3 aromatic rings. The summed E-state index contributed by atoms with van der Waals surface area (Å²) in [6.45, 7) is 0.370. The number of benzene rings is 1. The lowest BCUT2D eigenvalue weighted by Gasteiger charge is -2.27. The van der Waals surface area contributed by atoms with Crippen molar-refractivity contribution in [3.63, 3.8) is 0 Å². The minimum absolute atomic E-state index is 0.100. The molecule has 0 fully saturated rings. The Bertz CT molecular complexity index is 802. The normalized spacial score (nSPS) is 11.9. The highest BCUT2D eigenvalue weighted by atomic mass is 16.5. The van der Waals surface area contributed by atoms with Crippen molar-refractivity contribution in [1.29, 1.82) is 0 Å². The van der Waals surface area contributed by atoms with Gasteiger partial charge in [0.25, 0.3) is 5.91 Å². The summed E-state index contributed by atoms with van der Waals surface area (Å²) in [6.07, 6.45) is 4.73. The van der Waals surface area contributed by atoms with Crippen LogP contribution in [0.1, 0.15) is 22.1 Å². The highest BCUT2D eigenvalue weighted by Gasteiger charge is 2.23. The molecule has 0 saturated carbocycles. The summed E-state index contributed by atoms with van der Waals surface area (Å²) in [7, 11) is 3.37. The Balaban J connectivity index is 1.80. The number of pyridine rings is 1. The molecular formula is C19H19N3O3. The number of rotatable bonds is 6. The van der Waals surface area contributed by atoms with Crippen LogP contribution in [0.5, 0.6) is 0 Å². The zero-order chi connectivity index (χ0) is 17.6. The van der Waals surface area contributed by atoms with E-state index in [9.17, 15) is 4.79 Å². The Labute approximate surface area is 146 Å². The summed E-state index contributed by atoms with van der Waals surface area (Å²) in [6, 6.07) is 12.6. The molecule has 0 N–H and O–H groups in total. The van der Waals surface area contributed by atoms with Crippen molar-refractivity contribution >= 4 is 5.91 Å². The maximum absolute atomic E-state index is 12.8. The molecule has 1 amide bonds. The lowest BCUT2D eigenvalue weighted by atomic mass is 10.1. The molecule has 2 aromatic heterocycles. The molecule has 6 nitrogen and oxygen atoms in total. The van der Waals surface area contributed by atoms with E-state index in [2.05, 4.69) is 9.97 Å². The van der Waals surface area contributed by atoms with Crippen molar-refractivity contribution in [2.45, 2.75) is 6.04 Å². The van der Waals surface area contributed by atoms with E-state index in [-0.39, 0.29) is 11.9 Å². The highest BCUT2D eigenvalue weighted by molar-refractivity contribution is 5.94. The van der Waals surface area contributed by atoms with Gasteiger partial charge in [0.05, 0.1) is 24.5 Å². The second-order valence-electron chi connectivity index (χ2n) is 5.58. The number of carbonyl (C=O) groups is 1. The summed E-state index contributed by atoms with van der Waals surface area (Å²) in [5.41, 5.74) is 2.25. The first-order valence-electron chi connectivity index (χ1n) is 7.86. The Hall–Kier alpha value is -2.99. The molecule has 0 saturated heterocycles. The maximum atomic E-state index is 12.8. The van der Waals surface area contributed by atoms with Gasteiger partial charge in [-0.25, -0.2) is 4.98 Å². The van der Waals surface area contributed by atoms with Crippen molar-refractivity contribution in [2.24, 2.45) is 0 Å². The number of hydrogen-bond donors (Lipinski definition) is 0. The fourth-order valence-electron chi connectivity index (χ4n) is 2.61. The van der Waals surface area contributed by atoms with E-state index in [0.717, 1.165) is 11.3 Å². The van der Waals surface area contributed by atoms with Gasteiger partial charge in [-0.3, -0.25) is 9.78 Å². The molecule has 1 atom stereocenters. The van der Waals surface area contributed by atoms with E-state index in [1.165, 1.54) is 6.39 Å². The van der Waals surface area contributed by atoms with Crippen LogP contribution in [-0.2, 0) is 4.74 Å². The van der Waals surface area contributed by atoms with Crippen molar-refractivity contribution in [2.75, 3.05) is 20.8 Å². The van der Waals surface area contributed by atoms with Crippen molar-refractivity contribution in [3.8, 4) is 11.3 Å². The van der Waals surface area contributed by atoms with Gasteiger partial charge >= 0.3 is 0 Å². The van der Waals surface area contributed by atoms with E-state index in [1.807, 2.05) is 30.3 Å². The summed E-state index contributed by atoms with van der Waals surface area (Å²) < 4.78 is 10.5. The maximum Gasteiger partial charge on any atom is 0.254 e. The number of carbonyl (C=O) groups excluding carboxylic acids is 1. The van der Waals surface area contributed by atoms with Gasteiger partial charge in [-0.1, -0.05) is 18.2 Å².